The van der Waals surface area contributed by atoms with Crippen molar-refractivity contribution in [2.45, 2.75) is 26.7 Å². The maximum absolute atomic E-state index is 12.8. The topological polar surface area (TPSA) is 29.5 Å². The van der Waals surface area contributed by atoms with Crippen LogP contribution in [0.5, 0.6) is 5.75 Å². The fourth-order valence-corrected chi connectivity index (χ4v) is 2.29. The Morgan fingerprint density at radius 2 is 1.68 bits per heavy atom. The SMILES string of the molecule is CCCCN(C(=O)c1ccc(OCC)cc1)c1ccccc1. The van der Waals surface area contributed by atoms with Gasteiger partial charge in [0.15, 0.2) is 0 Å². The molecule has 0 N–H and O–H groups in total. The van der Waals surface area contributed by atoms with E-state index in [1.807, 2.05) is 66.4 Å². The largest absolute Gasteiger partial charge is 0.494 e. The molecule has 0 bridgehead atoms. The van der Waals surface area contributed by atoms with Crippen molar-refractivity contribution in [3.05, 3.63) is 60.2 Å². The van der Waals surface area contributed by atoms with E-state index < -0.39 is 0 Å². The summed E-state index contributed by atoms with van der Waals surface area (Å²) in [4.78, 5) is 14.7. The summed E-state index contributed by atoms with van der Waals surface area (Å²) in [5, 5.41) is 0. The molecule has 2 rings (SSSR count). The summed E-state index contributed by atoms with van der Waals surface area (Å²) in [6, 6.07) is 17.2. The zero-order valence-corrected chi connectivity index (χ0v) is 13.3. The van der Waals surface area contributed by atoms with Crippen molar-refractivity contribution in [3.63, 3.8) is 0 Å². The molecule has 2 aromatic carbocycles. The van der Waals surface area contributed by atoms with Crippen LogP contribution in [0.2, 0.25) is 0 Å². The Balaban J connectivity index is 2.21. The molecule has 116 valence electrons. The third-order valence-electron chi connectivity index (χ3n) is 3.46. The Bertz CT molecular complexity index is 578. The average molecular weight is 297 g/mol. The highest BCUT2D eigenvalue weighted by Gasteiger charge is 2.17. The first-order valence-corrected chi connectivity index (χ1v) is 7.86. The zero-order valence-electron chi connectivity index (χ0n) is 13.3. The molecular weight excluding hydrogens is 274 g/mol. The molecule has 0 fully saturated rings. The summed E-state index contributed by atoms with van der Waals surface area (Å²) >= 11 is 0. The molecular formula is C19H23NO2. The van der Waals surface area contributed by atoms with Gasteiger partial charge in [-0.3, -0.25) is 4.79 Å². The van der Waals surface area contributed by atoms with Gasteiger partial charge in [-0.1, -0.05) is 31.5 Å². The minimum Gasteiger partial charge on any atom is -0.494 e. The van der Waals surface area contributed by atoms with Gasteiger partial charge >= 0.3 is 0 Å². The minimum atomic E-state index is 0.0303. The van der Waals surface area contributed by atoms with Gasteiger partial charge in [-0.15, -0.1) is 0 Å². The number of para-hydroxylation sites is 1. The molecule has 0 unspecified atom stereocenters. The highest BCUT2D eigenvalue weighted by Crippen LogP contribution is 2.19. The normalized spacial score (nSPS) is 10.3. The Morgan fingerprint density at radius 1 is 1.00 bits per heavy atom. The fourth-order valence-electron chi connectivity index (χ4n) is 2.29. The monoisotopic (exact) mass is 297 g/mol. The summed E-state index contributed by atoms with van der Waals surface area (Å²) in [6.07, 6.45) is 2.04. The summed E-state index contributed by atoms with van der Waals surface area (Å²) in [5.74, 6) is 0.821. The second-order valence-corrected chi connectivity index (χ2v) is 5.10. The van der Waals surface area contributed by atoms with Crippen molar-refractivity contribution < 1.29 is 9.53 Å². The molecule has 2 aromatic rings. The van der Waals surface area contributed by atoms with Gasteiger partial charge in [-0.2, -0.15) is 0 Å². The van der Waals surface area contributed by atoms with Crippen molar-refractivity contribution >= 4 is 11.6 Å². The number of carbonyl (C=O) groups excluding carboxylic acids is 1. The Labute approximate surface area is 132 Å². The van der Waals surface area contributed by atoms with Crippen LogP contribution in [0.1, 0.15) is 37.0 Å². The first-order chi connectivity index (χ1) is 10.8. The molecule has 0 saturated heterocycles. The van der Waals surface area contributed by atoms with Crippen LogP contribution in [0.15, 0.2) is 54.6 Å². The minimum absolute atomic E-state index is 0.0303. The molecule has 0 aliphatic rings. The predicted octanol–water partition coefficient (Wildman–Crippen LogP) is 4.53. The summed E-state index contributed by atoms with van der Waals surface area (Å²) in [6.45, 7) is 5.43. The lowest BCUT2D eigenvalue weighted by atomic mass is 10.1. The Morgan fingerprint density at radius 3 is 2.27 bits per heavy atom. The highest BCUT2D eigenvalue weighted by molar-refractivity contribution is 6.06. The summed E-state index contributed by atoms with van der Waals surface area (Å²) in [5.41, 5.74) is 1.62. The van der Waals surface area contributed by atoms with Crippen LogP contribution in [-0.2, 0) is 0 Å². The van der Waals surface area contributed by atoms with Gasteiger partial charge in [0.2, 0.25) is 0 Å². The van der Waals surface area contributed by atoms with Gasteiger partial charge in [0.1, 0.15) is 5.75 Å². The van der Waals surface area contributed by atoms with Gasteiger partial charge in [0.25, 0.3) is 5.91 Å². The molecule has 0 saturated carbocycles. The molecule has 0 aromatic heterocycles. The second kappa shape index (κ2) is 8.23. The quantitative estimate of drug-likeness (QED) is 0.751. The lowest BCUT2D eigenvalue weighted by Crippen LogP contribution is -2.31. The van der Waals surface area contributed by atoms with Crippen LogP contribution < -0.4 is 9.64 Å². The molecule has 0 spiro atoms. The van der Waals surface area contributed by atoms with E-state index in [1.54, 1.807) is 0 Å². The highest BCUT2D eigenvalue weighted by atomic mass is 16.5. The predicted molar refractivity (Wildman–Crippen MR) is 90.6 cm³/mol. The van der Waals surface area contributed by atoms with Crippen molar-refractivity contribution in [2.75, 3.05) is 18.1 Å². The third kappa shape index (κ3) is 4.10. The van der Waals surface area contributed by atoms with Crippen LogP contribution in [0.4, 0.5) is 5.69 Å². The number of hydrogen-bond donors (Lipinski definition) is 0. The number of anilines is 1. The zero-order chi connectivity index (χ0) is 15.8. The van der Waals surface area contributed by atoms with E-state index >= 15 is 0 Å². The number of benzene rings is 2. The van der Waals surface area contributed by atoms with Crippen molar-refractivity contribution in [1.82, 2.24) is 0 Å². The van der Waals surface area contributed by atoms with Crippen LogP contribution in [0.3, 0.4) is 0 Å². The first kappa shape index (κ1) is 16.1. The Hall–Kier alpha value is -2.29. The number of ether oxygens (including phenoxy) is 1. The van der Waals surface area contributed by atoms with Crippen LogP contribution in [0.25, 0.3) is 0 Å². The number of amides is 1. The molecule has 1 amide bonds. The van der Waals surface area contributed by atoms with Gasteiger partial charge in [-0.05, 0) is 49.7 Å². The number of hydrogen-bond acceptors (Lipinski definition) is 2. The molecule has 0 radical (unpaired) electrons. The maximum Gasteiger partial charge on any atom is 0.258 e. The molecule has 0 heterocycles. The third-order valence-corrected chi connectivity index (χ3v) is 3.46. The summed E-state index contributed by atoms with van der Waals surface area (Å²) < 4.78 is 5.43. The van der Waals surface area contributed by atoms with Crippen LogP contribution in [-0.4, -0.2) is 19.1 Å². The first-order valence-electron chi connectivity index (χ1n) is 7.86. The summed E-state index contributed by atoms with van der Waals surface area (Å²) in [7, 11) is 0. The van der Waals surface area contributed by atoms with Gasteiger partial charge in [0, 0.05) is 17.8 Å². The molecule has 3 nitrogen and oxygen atoms in total. The van der Waals surface area contributed by atoms with E-state index in [0.29, 0.717) is 12.2 Å². The van der Waals surface area contributed by atoms with Crippen LogP contribution in [0, 0.1) is 0 Å². The van der Waals surface area contributed by atoms with Crippen molar-refractivity contribution in [3.8, 4) is 5.75 Å². The van der Waals surface area contributed by atoms with E-state index in [4.69, 9.17) is 4.74 Å². The second-order valence-electron chi connectivity index (χ2n) is 5.10. The standard InChI is InChI=1S/C19H23NO2/c1-3-5-15-20(17-9-7-6-8-10-17)19(21)16-11-13-18(14-12-16)22-4-2/h6-14H,3-5,15H2,1-2H3. The molecule has 0 aliphatic heterocycles. The maximum atomic E-state index is 12.8. The lowest BCUT2D eigenvalue weighted by molar-refractivity contribution is 0.0986. The van der Waals surface area contributed by atoms with E-state index in [0.717, 1.165) is 30.8 Å². The lowest BCUT2D eigenvalue weighted by Gasteiger charge is -2.23. The molecule has 0 aliphatic carbocycles. The number of unbranched alkanes of at least 4 members (excludes halogenated alkanes) is 1. The van der Waals surface area contributed by atoms with Gasteiger partial charge in [0.05, 0.1) is 6.61 Å². The smallest absolute Gasteiger partial charge is 0.258 e. The number of rotatable bonds is 7. The van der Waals surface area contributed by atoms with Crippen molar-refractivity contribution in [2.24, 2.45) is 0 Å². The Kier molecular flexibility index (Phi) is 6.01. The molecule has 3 heteroatoms. The number of carbonyl (C=O) groups is 1. The van der Waals surface area contributed by atoms with Gasteiger partial charge in [-0.25, -0.2) is 0 Å². The van der Waals surface area contributed by atoms with E-state index in [2.05, 4.69) is 6.92 Å². The van der Waals surface area contributed by atoms with E-state index in [1.165, 1.54) is 0 Å². The molecule has 22 heavy (non-hydrogen) atoms. The fraction of sp³-hybridized carbons (Fsp3) is 0.316. The average Bonchev–Trinajstić information content (AvgIpc) is 2.57. The van der Waals surface area contributed by atoms with Gasteiger partial charge < -0.3 is 9.64 Å². The number of nitrogens with zero attached hydrogens (tertiary/aromatic N) is 1. The van der Waals surface area contributed by atoms with E-state index in [9.17, 15) is 4.79 Å². The van der Waals surface area contributed by atoms with Crippen molar-refractivity contribution in [1.29, 1.82) is 0 Å². The van der Waals surface area contributed by atoms with Crippen LogP contribution >= 0.6 is 0 Å². The molecule has 0 atom stereocenters. The van der Waals surface area contributed by atoms with E-state index in [-0.39, 0.29) is 5.91 Å².